The van der Waals surface area contributed by atoms with E-state index in [2.05, 4.69) is 5.32 Å². The lowest BCUT2D eigenvalue weighted by Gasteiger charge is -2.42. The minimum Gasteiger partial charge on any atom is -0.459 e. The van der Waals surface area contributed by atoms with E-state index in [0.717, 1.165) is 21.6 Å². The number of nitrogens with one attached hydrogen (secondary N) is 1. The highest BCUT2D eigenvalue weighted by Crippen LogP contribution is 2.30. The quantitative estimate of drug-likeness (QED) is 0.101. The van der Waals surface area contributed by atoms with Crippen molar-refractivity contribution in [2.24, 2.45) is 59.2 Å². The molecule has 22 heteroatoms. The molecular formula is C67H114N8O14. The summed E-state index contributed by atoms with van der Waals surface area (Å²) in [4.78, 5) is 197. The first-order chi connectivity index (χ1) is 41.1. The number of ketones is 3. The molecule has 1 aliphatic rings. The summed E-state index contributed by atoms with van der Waals surface area (Å²) < 4.78 is 5.93. The van der Waals surface area contributed by atoms with Gasteiger partial charge in [0.2, 0.25) is 47.3 Å². The van der Waals surface area contributed by atoms with Crippen LogP contribution in [0.2, 0.25) is 0 Å². The van der Waals surface area contributed by atoms with Crippen LogP contribution in [0.4, 0.5) is 0 Å². The number of carbonyl (C=O) groups excluding carboxylic acids is 13. The van der Waals surface area contributed by atoms with E-state index in [1.807, 2.05) is 41.5 Å². The van der Waals surface area contributed by atoms with Gasteiger partial charge in [-0.2, -0.15) is 0 Å². The highest BCUT2D eigenvalue weighted by Gasteiger charge is 2.47. The number of carbonyl (C=O) groups is 13. The van der Waals surface area contributed by atoms with Crippen LogP contribution in [0.25, 0.3) is 0 Å². The van der Waals surface area contributed by atoms with Gasteiger partial charge >= 0.3 is 5.97 Å². The number of hydrogen-bond donors (Lipinski definition) is 1. The minimum absolute atomic E-state index is 0.0398. The molecule has 1 fully saturated rings. The van der Waals surface area contributed by atoms with Crippen molar-refractivity contribution >= 4 is 76.9 Å². The van der Waals surface area contributed by atoms with Crippen molar-refractivity contribution < 1.29 is 67.1 Å². The van der Waals surface area contributed by atoms with Gasteiger partial charge in [0.1, 0.15) is 54.4 Å². The molecule has 14 atom stereocenters. The van der Waals surface area contributed by atoms with Gasteiger partial charge in [0.05, 0.1) is 12.1 Å². The molecule has 1 aliphatic heterocycles. The Morgan fingerprint density at radius 1 is 0.517 bits per heavy atom. The summed E-state index contributed by atoms with van der Waals surface area (Å²) in [5.41, 5.74) is 0. The number of hydrogen-bond acceptors (Lipinski definition) is 14. The zero-order valence-corrected chi connectivity index (χ0v) is 58.7. The number of allylic oxidation sites excluding steroid dienone is 2. The van der Waals surface area contributed by atoms with Crippen LogP contribution in [0.1, 0.15) is 176 Å². The SMILES string of the molecule is C/C=C/C[C@@H](C)[C@@H](OC(C)=O)[C@H]1C(=O)N[C@@H](CC)C(=O)N(C)[C@H](C)C(=O)N(C)[C@@H]([C@H](C)C=O)C(=O)C[C@@H](C(C)C)C(=O)N(C)[C@@H](CC(C)C)C(=O)C[C@@H](C)C(=O)C[C@H](C)C(=O)N(C)[C@@H](CC(C)C)C(=O)N(C)[C@@H](CC(C)C)C(=O)N(C)[C@@H](C(C)C)C(=O)N1C. The third-order valence-corrected chi connectivity index (χ3v) is 17.7. The first kappa shape index (κ1) is 80.7. The number of aldehydes is 1. The molecule has 0 unspecified atom stereocenters. The van der Waals surface area contributed by atoms with Crippen molar-refractivity contribution in [1.82, 2.24) is 39.6 Å². The molecule has 1 rings (SSSR count). The van der Waals surface area contributed by atoms with Gasteiger partial charge in [-0.15, -0.1) is 0 Å². The number of esters is 1. The Morgan fingerprint density at radius 2 is 0.966 bits per heavy atom. The summed E-state index contributed by atoms with van der Waals surface area (Å²) in [5.74, 6) is -13.7. The average molecular weight is 1260 g/mol. The molecule has 0 aromatic rings. The third kappa shape index (κ3) is 21.9. The van der Waals surface area contributed by atoms with Gasteiger partial charge in [-0.3, -0.25) is 57.5 Å². The average Bonchev–Trinajstić information content (AvgIpc) is 0.924. The Balaban J connectivity index is 4.50. The van der Waals surface area contributed by atoms with Crippen LogP contribution < -0.4 is 5.32 Å². The summed E-state index contributed by atoms with van der Waals surface area (Å²) >= 11 is 0. The van der Waals surface area contributed by atoms with Gasteiger partial charge in [0.15, 0.2) is 11.6 Å². The maximum atomic E-state index is 15.4. The molecule has 0 spiro atoms. The number of ether oxygens (including phenoxy) is 1. The maximum absolute atomic E-state index is 15.4. The molecule has 22 nitrogen and oxygen atoms in total. The van der Waals surface area contributed by atoms with Crippen LogP contribution in [0, 0.1) is 59.2 Å². The molecule has 506 valence electrons. The summed E-state index contributed by atoms with van der Waals surface area (Å²) in [6.07, 6.45) is 2.54. The Kier molecular flexibility index (Phi) is 33.1. The molecule has 0 bridgehead atoms. The van der Waals surface area contributed by atoms with Crippen LogP contribution in [0.3, 0.4) is 0 Å². The largest absolute Gasteiger partial charge is 0.459 e. The van der Waals surface area contributed by atoms with Gasteiger partial charge in [-0.05, 0) is 81.5 Å². The van der Waals surface area contributed by atoms with Gasteiger partial charge in [0, 0.05) is 99.2 Å². The van der Waals surface area contributed by atoms with Crippen molar-refractivity contribution in [1.29, 1.82) is 0 Å². The van der Waals surface area contributed by atoms with Crippen LogP contribution in [0.5, 0.6) is 0 Å². The fraction of sp³-hybridized carbons (Fsp3) is 0.776. The lowest BCUT2D eigenvalue weighted by molar-refractivity contribution is -0.164. The Labute approximate surface area is 532 Å². The first-order valence-electron chi connectivity index (χ1n) is 32.1. The van der Waals surface area contributed by atoms with Crippen LogP contribution >= 0.6 is 0 Å². The zero-order valence-electron chi connectivity index (χ0n) is 58.7. The van der Waals surface area contributed by atoms with E-state index in [-0.39, 0.29) is 62.7 Å². The van der Waals surface area contributed by atoms with Gasteiger partial charge in [-0.25, -0.2) is 0 Å². The fourth-order valence-electron chi connectivity index (χ4n) is 12.0. The first-order valence-corrected chi connectivity index (χ1v) is 32.1. The summed E-state index contributed by atoms with van der Waals surface area (Å²) in [6, 6.07) is -10.3. The highest BCUT2D eigenvalue weighted by atomic mass is 16.5. The van der Waals surface area contributed by atoms with Crippen molar-refractivity contribution in [3.63, 3.8) is 0 Å². The van der Waals surface area contributed by atoms with E-state index < -0.39 is 173 Å². The molecule has 0 aliphatic carbocycles. The molecular weight excluding hydrogens is 1140 g/mol. The van der Waals surface area contributed by atoms with Gasteiger partial charge < -0.3 is 49.1 Å². The van der Waals surface area contributed by atoms with Crippen molar-refractivity contribution in [2.45, 2.75) is 230 Å². The summed E-state index contributed by atoms with van der Waals surface area (Å²) in [6.45, 7) is 30.5. The van der Waals surface area contributed by atoms with E-state index in [9.17, 15) is 43.2 Å². The van der Waals surface area contributed by atoms with Crippen molar-refractivity contribution in [2.75, 3.05) is 49.3 Å². The molecule has 1 saturated heterocycles. The molecule has 0 aromatic heterocycles. The summed E-state index contributed by atoms with van der Waals surface area (Å²) in [5, 5.41) is 2.78. The number of likely N-dealkylation sites (N-methyl/N-ethyl adjacent to an activating group) is 7. The number of rotatable bonds is 16. The van der Waals surface area contributed by atoms with Crippen LogP contribution in [-0.2, 0) is 67.1 Å². The van der Waals surface area contributed by atoms with Crippen molar-refractivity contribution in [3.8, 4) is 0 Å². The lowest BCUT2D eigenvalue weighted by Crippen LogP contribution is -2.64. The normalized spacial score (nSPS) is 27.5. The predicted octanol–water partition coefficient (Wildman–Crippen LogP) is 6.29. The molecule has 89 heavy (non-hydrogen) atoms. The van der Waals surface area contributed by atoms with Gasteiger partial charge in [-0.1, -0.05) is 116 Å². The molecule has 0 radical (unpaired) electrons. The van der Waals surface area contributed by atoms with E-state index in [1.165, 1.54) is 82.8 Å². The number of amides is 8. The molecule has 0 saturated carbocycles. The van der Waals surface area contributed by atoms with Crippen LogP contribution in [0.15, 0.2) is 12.2 Å². The zero-order chi connectivity index (χ0) is 69.1. The van der Waals surface area contributed by atoms with Crippen molar-refractivity contribution in [3.05, 3.63) is 12.2 Å². The third-order valence-electron chi connectivity index (χ3n) is 17.7. The van der Waals surface area contributed by atoms with E-state index in [1.54, 1.807) is 74.5 Å². The standard InChI is InChI=1S/C67H114N8O14/c1-26-28-29-42(13)59(89-47(18)77)58-60(81)68-49(27-2)64(85)69(19)46(17)62(83)74(24)57(45(16)36-76)55(80)35-48(40(9)10)63(84)70(20)50(30-37(3)4)54(79)33-43(14)53(78)34-44(15)61(82)71(21)51(31-38(5)6)65(86)72(22)52(32-39(7)8)66(87)73(23)56(41(11)12)67(88)75(58)25/h26,28,36-46,48-52,56-59H,27,29-35H2,1-25H3,(H,68,81)/b28-26+/t42-,43-,44+,45-,46-,48+,49+,50+,51+,52+,56+,57+,58+,59-/m1/s1. The Morgan fingerprint density at radius 3 is 1.42 bits per heavy atom. The molecule has 1 N–H and O–H groups in total. The van der Waals surface area contributed by atoms with Crippen LogP contribution in [-0.4, -0.2) is 215 Å². The predicted molar refractivity (Wildman–Crippen MR) is 342 cm³/mol. The minimum atomic E-state index is -1.63. The second-order valence-corrected chi connectivity index (χ2v) is 27.3. The second kappa shape index (κ2) is 36.5. The Hall–Kier alpha value is -6.35. The fourth-order valence-corrected chi connectivity index (χ4v) is 12.0. The maximum Gasteiger partial charge on any atom is 0.303 e. The van der Waals surface area contributed by atoms with E-state index in [0.29, 0.717) is 6.29 Å². The second-order valence-electron chi connectivity index (χ2n) is 27.3. The smallest absolute Gasteiger partial charge is 0.303 e. The van der Waals surface area contributed by atoms with E-state index >= 15 is 19.2 Å². The Bertz CT molecular complexity index is 2510. The monoisotopic (exact) mass is 1250 g/mol. The molecule has 0 aromatic carbocycles. The summed E-state index contributed by atoms with van der Waals surface area (Å²) in [7, 11) is 9.86. The molecule has 1 heterocycles. The van der Waals surface area contributed by atoms with Gasteiger partial charge in [0.25, 0.3) is 0 Å². The van der Waals surface area contributed by atoms with E-state index in [4.69, 9.17) is 4.74 Å². The number of Topliss-reactive ketones (excluding diaryl/α,β-unsaturated/α-hetero) is 3. The number of nitrogens with zero attached hydrogens (tertiary/aromatic N) is 7. The highest BCUT2D eigenvalue weighted by molar-refractivity contribution is 6.00. The molecule has 8 amide bonds. The topological polar surface area (TPSA) is 266 Å². The lowest BCUT2D eigenvalue weighted by atomic mass is 9.83.